The van der Waals surface area contributed by atoms with Crippen molar-refractivity contribution in [3.63, 3.8) is 0 Å². The van der Waals surface area contributed by atoms with Crippen molar-refractivity contribution in [3.8, 4) is 0 Å². The van der Waals surface area contributed by atoms with Crippen molar-refractivity contribution in [3.05, 3.63) is 64.5 Å². The maximum absolute atomic E-state index is 6.27. The minimum absolute atomic E-state index is 0.457. The summed E-state index contributed by atoms with van der Waals surface area (Å²) < 4.78 is 0. The van der Waals surface area contributed by atoms with Crippen LogP contribution in [0.4, 0.5) is 5.69 Å². The van der Waals surface area contributed by atoms with Crippen LogP contribution in [0.5, 0.6) is 0 Å². The Bertz CT molecular complexity index is 583. The van der Waals surface area contributed by atoms with Crippen molar-refractivity contribution in [2.24, 2.45) is 0 Å². The van der Waals surface area contributed by atoms with Gasteiger partial charge < -0.3 is 10.2 Å². The van der Waals surface area contributed by atoms with Gasteiger partial charge in [0.25, 0.3) is 0 Å². The smallest absolute Gasteiger partial charge is 0.0772 e. The van der Waals surface area contributed by atoms with Gasteiger partial charge in [-0.05, 0) is 17.7 Å². The second kappa shape index (κ2) is 3.17. The molecule has 1 fully saturated rings. The second-order valence-electron chi connectivity index (χ2n) is 4.54. The third kappa shape index (κ3) is 1.16. The molecule has 0 aliphatic carbocycles. The molecule has 1 aromatic carbocycles. The Hall–Kier alpha value is -1.67. The molecule has 17 heavy (non-hydrogen) atoms. The molecule has 1 atom stereocenters. The first kappa shape index (κ1) is 9.37. The Morgan fingerprint density at radius 2 is 2.12 bits per heavy atom. The zero-order chi connectivity index (χ0) is 11.4. The molecule has 84 valence electrons. The first-order valence-electron chi connectivity index (χ1n) is 5.74. The number of benzene rings is 1. The molecule has 0 aromatic heterocycles. The van der Waals surface area contributed by atoms with Crippen molar-refractivity contribution in [2.75, 3.05) is 11.9 Å². The maximum Gasteiger partial charge on any atom is 0.0772 e. The van der Waals surface area contributed by atoms with Crippen LogP contribution in [0.1, 0.15) is 0 Å². The number of nitrogens with one attached hydrogen (secondary N) is 1. The lowest BCUT2D eigenvalue weighted by molar-refractivity contribution is 0.318. The number of halogens is 1. The summed E-state index contributed by atoms with van der Waals surface area (Å²) in [5.74, 6) is 0. The third-order valence-corrected chi connectivity index (χ3v) is 3.99. The monoisotopic (exact) mass is 242 g/mol. The molecule has 0 amide bonds. The molecule has 3 aliphatic heterocycles. The van der Waals surface area contributed by atoms with E-state index in [1.807, 2.05) is 18.2 Å². The molecule has 3 heteroatoms. The first-order valence-corrected chi connectivity index (χ1v) is 6.12. The van der Waals surface area contributed by atoms with Gasteiger partial charge in [0.15, 0.2) is 0 Å². The molecule has 0 spiro atoms. The molecule has 0 radical (unpaired) electrons. The molecule has 0 saturated carbocycles. The molecule has 2 nitrogen and oxygen atoms in total. The van der Waals surface area contributed by atoms with Gasteiger partial charge in [0.05, 0.1) is 16.8 Å². The quantitative estimate of drug-likeness (QED) is 0.858. The minimum atomic E-state index is 0.457. The third-order valence-electron chi connectivity index (χ3n) is 3.57. The maximum atomic E-state index is 6.27. The highest BCUT2D eigenvalue weighted by Crippen LogP contribution is 2.52. The van der Waals surface area contributed by atoms with Crippen LogP contribution in [-0.4, -0.2) is 17.5 Å². The predicted molar refractivity (Wildman–Crippen MR) is 69.6 cm³/mol. The van der Waals surface area contributed by atoms with Crippen LogP contribution in [0.3, 0.4) is 0 Å². The lowest BCUT2D eigenvalue weighted by Crippen LogP contribution is -2.43. The molecule has 3 aliphatic rings. The van der Waals surface area contributed by atoms with E-state index in [4.69, 9.17) is 11.6 Å². The zero-order valence-corrected chi connectivity index (χ0v) is 9.91. The SMILES string of the molecule is ClC1=C2C(=CNc3ccccc3)C3C=C1CN23. The summed E-state index contributed by atoms with van der Waals surface area (Å²) in [6.45, 7) is 1.00. The zero-order valence-electron chi connectivity index (χ0n) is 9.15. The van der Waals surface area contributed by atoms with Gasteiger partial charge in [-0.25, -0.2) is 0 Å². The molecule has 1 unspecified atom stereocenters. The fourth-order valence-electron chi connectivity index (χ4n) is 2.73. The van der Waals surface area contributed by atoms with E-state index in [1.165, 1.54) is 16.8 Å². The lowest BCUT2D eigenvalue weighted by Gasteiger charge is -2.41. The molecule has 4 rings (SSSR count). The van der Waals surface area contributed by atoms with E-state index < -0.39 is 0 Å². The Balaban J connectivity index is 1.61. The highest BCUT2D eigenvalue weighted by Gasteiger charge is 2.49. The van der Waals surface area contributed by atoms with Gasteiger partial charge in [-0.2, -0.15) is 0 Å². The number of rotatable bonds is 2. The molecular formula is C14H11ClN2. The molecule has 1 saturated heterocycles. The number of fused-ring (bicyclic) bond motifs is 1. The average Bonchev–Trinajstić information content (AvgIpc) is 2.83. The standard InChI is InChI=1S/C14H11ClN2/c15-13-9-6-12-11(14(13)17(12)8-9)7-16-10-4-2-1-3-5-10/h1-7,12,16H,8H2. The summed E-state index contributed by atoms with van der Waals surface area (Å²) in [5.41, 5.74) is 4.93. The van der Waals surface area contributed by atoms with Gasteiger partial charge in [-0.3, -0.25) is 0 Å². The summed E-state index contributed by atoms with van der Waals surface area (Å²) in [5, 5.41) is 4.26. The Morgan fingerprint density at radius 1 is 1.29 bits per heavy atom. The fraction of sp³-hybridized carbons (Fsp3) is 0.143. The van der Waals surface area contributed by atoms with Crippen molar-refractivity contribution >= 4 is 17.3 Å². The van der Waals surface area contributed by atoms with E-state index in [1.54, 1.807) is 0 Å². The van der Waals surface area contributed by atoms with Crippen LogP contribution in [0.2, 0.25) is 0 Å². The van der Waals surface area contributed by atoms with Gasteiger partial charge in [0.1, 0.15) is 0 Å². The van der Waals surface area contributed by atoms with Crippen molar-refractivity contribution in [2.45, 2.75) is 6.04 Å². The van der Waals surface area contributed by atoms with Gasteiger partial charge in [-0.15, -0.1) is 0 Å². The summed E-state index contributed by atoms with van der Waals surface area (Å²) in [4.78, 5) is 2.34. The number of hydrogen-bond acceptors (Lipinski definition) is 2. The highest BCUT2D eigenvalue weighted by atomic mass is 35.5. The van der Waals surface area contributed by atoms with Crippen molar-refractivity contribution in [1.82, 2.24) is 4.90 Å². The van der Waals surface area contributed by atoms with E-state index >= 15 is 0 Å². The van der Waals surface area contributed by atoms with Crippen LogP contribution < -0.4 is 5.32 Å². The average molecular weight is 243 g/mol. The topological polar surface area (TPSA) is 15.3 Å². The van der Waals surface area contributed by atoms with Gasteiger partial charge >= 0.3 is 0 Å². The van der Waals surface area contributed by atoms with E-state index in [9.17, 15) is 0 Å². The van der Waals surface area contributed by atoms with Gasteiger partial charge in [0.2, 0.25) is 0 Å². The van der Waals surface area contributed by atoms with E-state index in [-0.39, 0.29) is 0 Å². The van der Waals surface area contributed by atoms with E-state index in [0.717, 1.165) is 17.3 Å². The van der Waals surface area contributed by atoms with Crippen molar-refractivity contribution in [1.29, 1.82) is 0 Å². The van der Waals surface area contributed by atoms with Gasteiger partial charge in [-0.1, -0.05) is 35.9 Å². The number of anilines is 1. The Kier molecular flexibility index (Phi) is 1.75. The normalized spacial score (nSPS) is 26.4. The van der Waals surface area contributed by atoms with E-state index in [2.05, 4.69) is 34.6 Å². The lowest BCUT2D eigenvalue weighted by atomic mass is 9.90. The number of para-hydroxylation sites is 1. The largest absolute Gasteiger partial charge is 0.361 e. The molecule has 3 heterocycles. The Labute approximate surface area is 105 Å². The summed E-state index contributed by atoms with van der Waals surface area (Å²) in [7, 11) is 0. The molecule has 2 bridgehead atoms. The highest BCUT2D eigenvalue weighted by molar-refractivity contribution is 6.33. The van der Waals surface area contributed by atoms with Crippen LogP contribution in [0.15, 0.2) is 64.5 Å². The molecule has 1 N–H and O–H groups in total. The first-order chi connectivity index (χ1) is 8.34. The summed E-state index contributed by atoms with van der Waals surface area (Å²) >= 11 is 6.27. The van der Waals surface area contributed by atoms with Gasteiger partial charge in [0, 0.05) is 24.0 Å². The Morgan fingerprint density at radius 3 is 2.76 bits per heavy atom. The second-order valence-corrected chi connectivity index (χ2v) is 4.92. The van der Waals surface area contributed by atoms with Crippen LogP contribution >= 0.6 is 11.6 Å². The van der Waals surface area contributed by atoms with Crippen molar-refractivity contribution < 1.29 is 0 Å². The van der Waals surface area contributed by atoms with E-state index in [0.29, 0.717) is 6.04 Å². The minimum Gasteiger partial charge on any atom is -0.361 e. The number of hydrogen-bond donors (Lipinski definition) is 1. The number of nitrogens with zero attached hydrogens (tertiary/aromatic N) is 1. The molecular weight excluding hydrogens is 232 g/mol. The van der Waals surface area contributed by atoms with Crippen LogP contribution in [0.25, 0.3) is 0 Å². The molecule has 1 aromatic rings. The van der Waals surface area contributed by atoms with Crippen LogP contribution in [-0.2, 0) is 0 Å². The predicted octanol–water partition coefficient (Wildman–Crippen LogP) is 3.07. The fourth-order valence-corrected chi connectivity index (χ4v) is 3.07. The summed E-state index contributed by atoms with van der Waals surface area (Å²) in [6.07, 6.45) is 4.33. The summed E-state index contributed by atoms with van der Waals surface area (Å²) in [6, 6.07) is 10.6. The van der Waals surface area contributed by atoms with Crippen LogP contribution in [0, 0.1) is 0 Å².